The number of carbonyl (C=O) groups excluding carboxylic acids is 1. The summed E-state index contributed by atoms with van der Waals surface area (Å²) < 4.78 is 0. The van der Waals surface area contributed by atoms with Crippen molar-refractivity contribution >= 4 is 17.5 Å². The summed E-state index contributed by atoms with van der Waals surface area (Å²) in [5.41, 5.74) is 4.22. The Labute approximate surface area is 148 Å². The summed E-state index contributed by atoms with van der Waals surface area (Å²) in [5, 5.41) is 0.767. The molecule has 3 nitrogen and oxygen atoms in total. The Kier molecular flexibility index (Phi) is 5.20. The molecule has 0 unspecified atom stereocenters. The molecule has 1 fully saturated rings. The number of likely N-dealkylation sites (tertiary alicyclic amines) is 1. The lowest BCUT2D eigenvalue weighted by atomic mass is 9.87. The van der Waals surface area contributed by atoms with Gasteiger partial charge in [0.25, 0.3) is 5.91 Å². The Balaban J connectivity index is 1.78. The van der Waals surface area contributed by atoms with E-state index in [9.17, 15) is 4.79 Å². The summed E-state index contributed by atoms with van der Waals surface area (Å²) in [5.74, 6) is 0.496. The minimum absolute atomic E-state index is 0.114. The van der Waals surface area contributed by atoms with Crippen LogP contribution in [0.1, 0.15) is 52.9 Å². The van der Waals surface area contributed by atoms with E-state index in [0.717, 1.165) is 48.6 Å². The maximum Gasteiger partial charge on any atom is 0.253 e. The standard InChI is InChI=1S/C20H23ClN2O/c1-3-18-12-15(8-9-22-18)20(24)23-10-4-5-16(13-23)19-7-6-17(21)11-14(19)2/h6-9,11-12,16H,3-5,10,13H2,1-2H3/t16-/m1/s1. The third kappa shape index (κ3) is 3.62. The van der Waals surface area contributed by atoms with Crippen LogP contribution in [0.15, 0.2) is 36.5 Å². The molecule has 1 amide bonds. The molecule has 1 aromatic heterocycles. The second-order valence-corrected chi connectivity index (χ2v) is 6.92. The maximum absolute atomic E-state index is 12.9. The van der Waals surface area contributed by atoms with Gasteiger partial charge < -0.3 is 4.90 Å². The highest BCUT2D eigenvalue weighted by Crippen LogP contribution is 2.31. The van der Waals surface area contributed by atoms with Crippen LogP contribution in [0.3, 0.4) is 0 Å². The number of amides is 1. The fourth-order valence-corrected chi connectivity index (χ4v) is 3.73. The highest BCUT2D eigenvalue weighted by atomic mass is 35.5. The SMILES string of the molecule is CCc1cc(C(=O)N2CCC[C@@H](c3ccc(Cl)cc3C)C2)ccn1. The summed E-state index contributed by atoms with van der Waals surface area (Å²) >= 11 is 6.07. The van der Waals surface area contributed by atoms with Gasteiger partial charge in [-0.1, -0.05) is 24.6 Å². The van der Waals surface area contributed by atoms with Gasteiger partial charge >= 0.3 is 0 Å². The molecule has 24 heavy (non-hydrogen) atoms. The zero-order chi connectivity index (χ0) is 17.1. The van der Waals surface area contributed by atoms with Crippen molar-refractivity contribution in [1.29, 1.82) is 0 Å². The second kappa shape index (κ2) is 7.35. The molecule has 1 saturated heterocycles. The van der Waals surface area contributed by atoms with Crippen LogP contribution in [0.5, 0.6) is 0 Å². The zero-order valence-corrected chi connectivity index (χ0v) is 15.0. The van der Waals surface area contributed by atoms with E-state index < -0.39 is 0 Å². The Bertz CT molecular complexity index is 744. The van der Waals surface area contributed by atoms with Crippen molar-refractivity contribution in [3.63, 3.8) is 0 Å². The van der Waals surface area contributed by atoms with Gasteiger partial charge in [0.2, 0.25) is 0 Å². The van der Waals surface area contributed by atoms with Gasteiger partial charge in [0, 0.05) is 41.5 Å². The predicted molar refractivity (Wildman–Crippen MR) is 97.7 cm³/mol. The van der Waals surface area contributed by atoms with Crippen LogP contribution >= 0.6 is 11.6 Å². The Morgan fingerprint density at radius 2 is 2.17 bits per heavy atom. The molecule has 0 radical (unpaired) electrons. The Morgan fingerprint density at radius 1 is 1.33 bits per heavy atom. The first kappa shape index (κ1) is 17.0. The smallest absolute Gasteiger partial charge is 0.253 e. The molecule has 1 atom stereocenters. The van der Waals surface area contributed by atoms with Gasteiger partial charge in [-0.3, -0.25) is 9.78 Å². The molecule has 1 aliphatic heterocycles. The first-order valence-electron chi connectivity index (χ1n) is 8.58. The molecule has 126 valence electrons. The van der Waals surface area contributed by atoms with Crippen molar-refractivity contribution in [2.24, 2.45) is 0 Å². The lowest BCUT2D eigenvalue weighted by Crippen LogP contribution is -2.39. The van der Waals surface area contributed by atoms with E-state index in [1.807, 2.05) is 29.2 Å². The zero-order valence-electron chi connectivity index (χ0n) is 14.3. The van der Waals surface area contributed by atoms with Crippen LogP contribution in [0.2, 0.25) is 5.02 Å². The normalized spacial score (nSPS) is 17.8. The van der Waals surface area contributed by atoms with Crippen molar-refractivity contribution in [3.05, 3.63) is 63.9 Å². The van der Waals surface area contributed by atoms with Crippen LogP contribution in [-0.4, -0.2) is 28.9 Å². The van der Waals surface area contributed by atoms with Crippen LogP contribution in [0.25, 0.3) is 0 Å². The number of carbonyl (C=O) groups is 1. The minimum atomic E-state index is 0.114. The van der Waals surface area contributed by atoms with E-state index in [4.69, 9.17) is 11.6 Å². The van der Waals surface area contributed by atoms with Crippen LogP contribution in [0.4, 0.5) is 0 Å². The molecule has 3 rings (SSSR count). The van der Waals surface area contributed by atoms with Gasteiger partial charge in [0.15, 0.2) is 0 Å². The summed E-state index contributed by atoms with van der Waals surface area (Å²) in [6.45, 7) is 5.74. The number of aromatic nitrogens is 1. The highest BCUT2D eigenvalue weighted by Gasteiger charge is 2.26. The van der Waals surface area contributed by atoms with Crippen molar-refractivity contribution in [3.8, 4) is 0 Å². The molecule has 2 aromatic rings. The summed E-state index contributed by atoms with van der Waals surface area (Å²) in [6.07, 6.45) is 4.72. The highest BCUT2D eigenvalue weighted by molar-refractivity contribution is 6.30. The van der Waals surface area contributed by atoms with Crippen molar-refractivity contribution in [1.82, 2.24) is 9.88 Å². The van der Waals surface area contributed by atoms with Gasteiger partial charge in [-0.05, 0) is 61.6 Å². The topological polar surface area (TPSA) is 33.2 Å². The second-order valence-electron chi connectivity index (χ2n) is 6.48. The van der Waals surface area contributed by atoms with E-state index in [0.29, 0.717) is 5.92 Å². The monoisotopic (exact) mass is 342 g/mol. The summed E-state index contributed by atoms with van der Waals surface area (Å²) in [7, 11) is 0. The lowest BCUT2D eigenvalue weighted by molar-refractivity contribution is 0.0706. The fourth-order valence-electron chi connectivity index (χ4n) is 3.50. The molecular formula is C20H23ClN2O. The average molecular weight is 343 g/mol. The summed E-state index contributed by atoms with van der Waals surface area (Å²) in [4.78, 5) is 19.1. The van der Waals surface area contributed by atoms with Crippen LogP contribution in [0, 0.1) is 6.92 Å². The van der Waals surface area contributed by atoms with Crippen LogP contribution < -0.4 is 0 Å². The number of pyridine rings is 1. The van der Waals surface area contributed by atoms with Gasteiger partial charge in [-0.2, -0.15) is 0 Å². The van der Waals surface area contributed by atoms with E-state index in [1.165, 1.54) is 11.1 Å². The molecule has 0 saturated carbocycles. The molecular weight excluding hydrogens is 320 g/mol. The lowest BCUT2D eigenvalue weighted by Gasteiger charge is -2.34. The third-order valence-electron chi connectivity index (χ3n) is 4.81. The molecule has 2 heterocycles. The van der Waals surface area contributed by atoms with E-state index >= 15 is 0 Å². The molecule has 1 aliphatic rings. The Morgan fingerprint density at radius 3 is 2.92 bits per heavy atom. The fraction of sp³-hybridized carbons (Fsp3) is 0.400. The van der Waals surface area contributed by atoms with E-state index in [-0.39, 0.29) is 5.91 Å². The number of nitrogens with zero attached hydrogens (tertiary/aromatic N) is 2. The van der Waals surface area contributed by atoms with Gasteiger partial charge in [-0.25, -0.2) is 0 Å². The van der Waals surface area contributed by atoms with Gasteiger partial charge in [-0.15, -0.1) is 0 Å². The molecule has 0 N–H and O–H groups in total. The molecule has 1 aromatic carbocycles. The van der Waals surface area contributed by atoms with Gasteiger partial charge in [0.1, 0.15) is 0 Å². The van der Waals surface area contributed by atoms with E-state index in [2.05, 4.69) is 24.9 Å². The molecule has 0 spiro atoms. The summed E-state index contributed by atoms with van der Waals surface area (Å²) in [6, 6.07) is 9.80. The first-order chi connectivity index (χ1) is 11.6. The van der Waals surface area contributed by atoms with Crippen molar-refractivity contribution in [2.45, 2.75) is 39.0 Å². The third-order valence-corrected chi connectivity index (χ3v) is 5.04. The number of hydrogen-bond acceptors (Lipinski definition) is 2. The van der Waals surface area contributed by atoms with Crippen molar-refractivity contribution < 1.29 is 4.79 Å². The van der Waals surface area contributed by atoms with Crippen LogP contribution in [-0.2, 0) is 6.42 Å². The molecule has 0 bridgehead atoms. The number of rotatable bonds is 3. The average Bonchev–Trinajstić information content (AvgIpc) is 2.61. The van der Waals surface area contributed by atoms with E-state index in [1.54, 1.807) is 6.20 Å². The quantitative estimate of drug-likeness (QED) is 0.815. The number of aryl methyl sites for hydroxylation is 2. The Hall–Kier alpha value is -1.87. The largest absolute Gasteiger partial charge is 0.338 e. The number of halogens is 1. The number of benzene rings is 1. The maximum atomic E-state index is 12.9. The minimum Gasteiger partial charge on any atom is -0.338 e. The molecule has 4 heteroatoms. The number of piperidine rings is 1. The number of hydrogen-bond donors (Lipinski definition) is 0. The van der Waals surface area contributed by atoms with Gasteiger partial charge in [0.05, 0.1) is 0 Å². The van der Waals surface area contributed by atoms with Crippen molar-refractivity contribution in [2.75, 3.05) is 13.1 Å². The molecule has 0 aliphatic carbocycles. The predicted octanol–water partition coefficient (Wildman–Crippen LogP) is 4.63. The first-order valence-corrected chi connectivity index (χ1v) is 8.96.